The van der Waals surface area contributed by atoms with E-state index in [0.717, 1.165) is 22.6 Å². The number of fused-ring (bicyclic) bond motifs is 1. The Labute approximate surface area is 164 Å². The van der Waals surface area contributed by atoms with Crippen molar-refractivity contribution in [1.82, 2.24) is 5.16 Å². The minimum atomic E-state index is -0.497. The van der Waals surface area contributed by atoms with E-state index in [-0.39, 0.29) is 18.3 Å². The van der Waals surface area contributed by atoms with Crippen LogP contribution in [0.4, 0.5) is 0 Å². The highest BCUT2D eigenvalue weighted by Gasteiger charge is 2.13. The van der Waals surface area contributed by atoms with Crippen LogP contribution in [0.5, 0.6) is 0 Å². The van der Waals surface area contributed by atoms with Crippen molar-refractivity contribution >= 4 is 40.3 Å². The van der Waals surface area contributed by atoms with Gasteiger partial charge in [-0.2, -0.15) is 0 Å². The molecule has 0 N–H and O–H groups in total. The number of halogens is 1. The number of rotatable bonds is 6. The van der Waals surface area contributed by atoms with Crippen LogP contribution in [0.15, 0.2) is 31.9 Å². The van der Waals surface area contributed by atoms with Crippen molar-refractivity contribution in [3.05, 3.63) is 61.8 Å². The third kappa shape index (κ3) is 4.54. The van der Waals surface area contributed by atoms with Crippen molar-refractivity contribution in [2.75, 3.05) is 5.75 Å². The van der Waals surface area contributed by atoms with E-state index in [9.17, 15) is 9.59 Å². The monoisotopic (exact) mass is 407 g/mol. The number of benzene rings is 1. The summed E-state index contributed by atoms with van der Waals surface area (Å²) in [5.41, 5.74) is 3.10. The van der Waals surface area contributed by atoms with Gasteiger partial charge in [0.25, 0.3) is 0 Å². The molecule has 1 aromatic carbocycles. The number of hydrogen-bond donors (Lipinski definition) is 0. The van der Waals surface area contributed by atoms with Crippen LogP contribution in [0.2, 0.25) is 5.02 Å². The van der Waals surface area contributed by atoms with E-state index >= 15 is 0 Å². The third-order valence-corrected chi connectivity index (χ3v) is 5.49. The summed E-state index contributed by atoms with van der Waals surface area (Å²) in [5.74, 6) is 1.18. The molecule has 6 nitrogen and oxygen atoms in total. The van der Waals surface area contributed by atoms with Crippen LogP contribution in [0.3, 0.4) is 0 Å². The first-order chi connectivity index (χ1) is 12.8. The molecule has 2 heterocycles. The molecule has 0 spiro atoms. The van der Waals surface area contributed by atoms with Crippen molar-refractivity contribution in [2.45, 2.75) is 33.1 Å². The Morgan fingerprint density at radius 3 is 2.74 bits per heavy atom. The molecule has 0 amide bonds. The smallest absolute Gasteiger partial charge is 0.336 e. The Balaban J connectivity index is 1.63. The van der Waals surface area contributed by atoms with E-state index in [1.165, 1.54) is 17.8 Å². The fourth-order valence-electron chi connectivity index (χ4n) is 2.61. The van der Waals surface area contributed by atoms with Gasteiger partial charge in [0.1, 0.15) is 18.0 Å². The minimum absolute atomic E-state index is 0.0216. The lowest BCUT2D eigenvalue weighted by Gasteiger charge is -2.08. The molecule has 0 fully saturated rings. The second-order valence-electron chi connectivity index (χ2n) is 6.14. The predicted molar refractivity (Wildman–Crippen MR) is 104 cm³/mol. The van der Waals surface area contributed by atoms with Gasteiger partial charge in [-0.3, -0.25) is 4.79 Å². The fourth-order valence-corrected chi connectivity index (χ4v) is 3.74. The topological polar surface area (TPSA) is 82.5 Å². The van der Waals surface area contributed by atoms with Crippen molar-refractivity contribution in [2.24, 2.45) is 0 Å². The number of carbonyl (C=O) groups is 1. The Hall–Kier alpha value is -2.25. The average molecular weight is 408 g/mol. The molecular weight excluding hydrogens is 390 g/mol. The molecule has 0 saturated carbocycles. The molecule has 27 heavy (non-hydrogen) atoms. The zero-order chi connectivity index (χ0) is 19.6. The number of nitrogens with zero attached hydrogens (tertiary/aromatic N) is 1. The SMILES string of the molecule is Cc1cc2oc(=O)cc(COC(=O)CSCc3c(C)noc3C)c2cc1Cl. The molecule has 3 aromatic rings. The second-order valence-corrected chi connectivity index (χ2v) is 7.54. The van der Waals surface area contributed by atoms with Gasteiger partial charge in [0.2, 0.25) is 0 Å². The first kappa shape index (κ1) is 19.5. The first-order valence-electron chi connectivity index (χ1n) is 8.23. The van der Waals surface area contributed by atoms with E-state index < -0.39 is 5.63 Å². The van der Waals surface area contributed by atoms with Gasteiger partial charge >= 0.3 is 11.6 Å². The number of aromatic nitrogens is 1. The number of aryl methyl sites for hydroxylation is 3. The molecule has 0 aliphatic carbocycles. The van der Waals surface area contributed by atoms with E-state index in [4.69, 9.17) is 25.3 Å². The molecule has 0 radical (unpaired) electrons. The van der Waals surface area contributed by atoms with E-state index in [0.29, 0.717) is 27.3 Å². The molecule has 8 heteroatoms. The lowest BCUT2D eigenvalue weighted by atomic mass is 10.1. The predicted octanol–water partition coefficient (Wildman–Crippen LogP) is 4.34. The summed E-state index contributed by atoms with van der Waals surface area (Å²) < 4.78 is 15.6. The summed E-state index contributed by atoms with van der Waals surface area (Å²) in [5, 5.41) is 5.10. The normalized spacial score (nSPS) is 11.1. The number of thioether (sulfide) groups is 1. The lowest BCUT2D eigenvalue weighted by Crippen LogP contribution is -2.09. The first-order valence-corrected chi connectivity index (χ1v) is 9.76. The summed E-state index contributed by atoms with van der Waals surface area (Å²) >= 11 is 7.58. The van der Waals surface area contributed by atoms with Crippen LogP contribution in [0.1, 0.15) is 28.1 Å². The summed E-state index contributed by atoms with van der Waals surface area (Å²) in [6, 6.07) is 4.73. The number of hydrogen-bond acceptors (Lipinski definition) is 7. The van der Waals surface area contributed by atoms with Crippen LogP contribution < -0.4 is 5.63 Å². The van der Waals surface area contributed by atoms with Gasteiger partial charge in [-0.25, -0.2) is 4.79 Å². The van der Waals surface area contributed by atoms with Crippen molar-refractivity contribution in [1.29, 1.82) is 0 Å². The zero-order valence-electron chi connectivity index (χ0n) is 15.1. The third-order valence-electron chi connectivity index (χ3n) is 4.15. The van der Waals surface area contributed by atoms with Gasteiger partial charge in [0.05, 0.1) is 11.4 Å². The highest BCUT2D eigenvalue weighted by Crippen LogP contribution is 2.26. The maximum absolute atomic E-state index is 12.0. The van der Waals surface area contributed by atoms with Gasteiger partial charge in [0.15, 0.2) is 0 Å². The summed E-state index contributed by atoms with van der Waals surface area (Å²) in [7, 11) is 0. The standard InChI is InChI=1S/C19H18ClNO5S/c1-10-4-17-14(6-16(10)20)13(5-18(22)25-17)7-24-19(23)9-27-8-15-11(2)21-26-12(15)3/h4-6H,7-9H2,1-3H3. The van der Waals surface area contributed by atoms with Crippen LogP contribution in [-0.4, -0.2) is 16.9 Å². The van der Waals surface area contributed by atoms with Crippen molar-refractivity contribution < 1.29 is 18.5 Å². The van der Waals surface area contributed by atoms with Crippen LogP contribution in [0, 0.1) is 20.8 Å². The molecule has 3 rings (SSSR count). The Bertz CT molecular complexity index is 1040. The molecular formula is C19H18ClNO5S. The van der Waals surface area contributed by atoms with E-state index in [2.05, 4.69) is 5.16 Å². The highest BCUT2D eigenvalue weighted by atomic mass is 35.5. The maximum atomic E-state index is 12.0. The maximum Gasteiger partial charge on any atom is 0.336 e. The van der Waals surface area contributed by atoms with Crippen molar-refractivity contribution in [3.63, 3.8) is 0 Å². The van der Waals surface area contributed by atoms with Gasteiger partial charge in [0, 0.05) is 33.4 Å². The number of esters is 1. The Kier molecular flexibility index (Phi) is 5.92. The molecule has 0 bridgehead atoms. The molecule has 2 aromatic heterocycles. The fraction of sp³-hybridized carbons (Fsp3) is 0.316. The van der Waals surface area contributed by atoms with E-state index in [1.807, 2.05) is 20.8 Å². The van der Waals surface area contributed by atoms with Crippen LogP contribution in [0.25, 0.3) is 11.0 Å². The molecule has 0 unspecified atom stereocenters. The summed E-state index contributed by atoms with van der Waals surface area (Å²) in [4.78, 5) is 23.8. The number of ether oxygens (including phenoxy) is 1. The second kappa shape index (κ2) is 8.19. The lowest BCUT2D eigenvalue weighted by molar-refractivity contribution is -0.141. The summed E-state index contributed by atoms with van der Waals surface area (Å²) in [6.07, 6.45) is 0. The van der Waals surface area contributed by atoms with Crippen LogP contribution in [-0.2, 0) is 21.9 Å². The minimum Gasteiger partial charge on any atom is -0.460 e. The van der Waals surface area contributed by atoms with Crippen molar-refractivity contribution in [3.8, 4) is 0 Å². The molecule has 0 atom stereocenters. The Morgan fingerprint density at radius 2 is 2.04 bits per heavy atom. The van der Waals surface area contributed by atoms with E-state index in [1.54, 1.807) is 12.1 Å². The molecule has 0 saturated heterocycles. The highest BCUT2D eigenvalue weighted by molar-refractivity contribution is 7.99. The quantitative estimate of drug-likeness (QED) is 0.444. The van der Waals surface area contributed by atoms with Gasteiger partial charge in [-0.05, 0) is 38.5 Å². The van der Waals surface area contributed by atoms with Gasteiger partial charge in [-0.1, -0.05) is 16.8 Å². The van der Waals surface area contributed by atoms with Gasteiger partial charge in [-0.15, -0.1) is 11.8 Å². The Morgan fingerprint density at radius 1 is 1.26 bits per heavy atom. The van der Waals surface area contributed by atoms with Crippen LogP contribution >= 0.6 is 23.4 Å². The zero-order valence-corrected chi connectivity index (χ0v) is 16.7. The molecule has 142 valence electrons. The average Bonchev–Trinajstić information content (AvgIpc) is 2.93. The molecule has 0 aliphatic heterocycles. The largest absolute Gasteiger partial charge is 0.460 e. The summed E-state index contributed by atoms with van der Waals surface area (Å²) in [6.45, 7) is 5.51. The number of carbonyl (C=O) groups excluding carboxylic acids is 1. The molecule has 0 aliphatic rings. The van der Waals surface area contributed by atoms with Gasteiger partial charge < -0.3 is 13.7 Å².